The Morgan fingerprint density at radius 3 is 1.66 bits per heavy atom. The van der Waals surface area contributed by atoms with Crippen molar-refractivity contribution >= 4 is 98.2 Å². The first-order valence-corrected chi connectivity index (χ1v) is 19.8. The van der Waals surface area contributed by atoms with Gasteiger partial charge in [-0.2, -0.15) is 0 Å². The summed E-state index contributed by atoms with van der Waals surface area (Å²) < 4.78 is 4.96. The van der Waals surface area contributed by atoms with E-state index in [0.717, 1.165) is 34.1 Å². The Labute approximate surface area is 329 Å². The summed E-state index contributed by atoms with van der Waals surface area (Å²) in [5, 5.41) is 7.49. The molecule has 0 atom stereocenters. The molecule has 264 valence electrons. The molecule has 0 amide bonds. The second-order valence-corrected chi connectivity index (χ2v) is 15.2. The zero-order valence-electron chi connectivity index (χ0n) is 30.5. The normalized spacial score (nSPS) is 11.6. The van der Waals surface area contributed by atoms with Gasteiger partial charge in [0.05, 0.1) is 21.4 Å². The molecule has 0 fully saturated rings. The summed E-state index contributed by atoms with van der Waals surface area (Å²) in [5.41, 5.74) is 10.2. The van der Waals surface area contributed by atoms with Gasteiger partial charge in [0.2, 0.25) is 0 Å². The molecule has 9 aromatic carbocycles. The molecule has 0 aliphatic heterocycles. The molecule has 0 saturated heterocycles. The van der Waals surface area contributed by atoms with Crippen LogP contribution in [0.15, 0.2) is 212 Å². The predicted octanol–water partition coefficient (Wildman–Crippen LogP) is 15.2. The van der Waals surface area contributed by atoms with Gasteiger partial charge in [-0.25, -0.2) is 0 Å². The molecule has 4 heteroatoms. The molecule has 56 heavy (non-hydrogen) atoms. The van der Waals surface area contributed by atoms with Gasteiger partial charge in [0.25, 0.3) is 0 Å². The molecular formula is C52H35N3S. The molecule has 0 N–H and O–H groups in total. The van der Waals surface area contributed by atoms with Gasteiger partial charge in [-0.05, 0) is 90.3 Å². The lowest BCUT2D eigenvalue weighted by Gasteiger charge is -2.30. The second-order valence-electron chi connectivity index (χ2n) is 14.2. The van der Waals surface area contributed by atoms with E-state index in [-0.39, 0.29) is 0 Å². The van der Waals surface area contributed by atoms with Gasteiger partial charge in [-0.1, -0.05) is 127 Å². The second kappa shape index (κ2) is 13.3. The largest absolute Gasteiger partial charge is 0.310 e. The minimum atomic E-state index is 1.07. The van der Waals surface area contributed by atoms with Crippen molar-refractivity contribution < 1.29 is 0 Å². The van der Waals surface area contributed by atoms with E-state index in [1.807, 2.05) is 11.3 Å². The van der Waals surface area contributed by atoms with Crippen LogP contribution >= 0.6 is 11.3 Å². The van der Waals surface area contributed by atoms with Crippen LogP contribution in [-0.4, -0.2) is 4.57 Å². The minimum Gasteiger partial charge on any atom is -0.310 e. The summed E-state index contributed by atoms with van der Waals surface area (Å²) in [6.45, 7) is 0. The summed E-state index contributed by atoms with van der Waals surface area (Å²) in [4.78, 5) is 4.85. The Hall–Kier alpha value is -7.14. The highest BCUT2D eigenvalue weighted by atomic mass is 32.1. The maximum atomic E-state index is 2.46. The fourth-order valence-corrected chi connectivity index (χ4v) is 9.69. The van der Waals surface area contributed by atoms with Crippen molar-refractivity contribution in [3.63, 3.8) is 0 Å². The van der Waals surface area contributed by atoms with Gasteiger partial charge < -0.3 is 14.4 Å². The molecule has 0 bridgehead atoms. The van der Waals surface area contributed by atoms with Crippen LogP contribution in [0.3, 0.4) is 0 Å². The van der Waals surface area contributed by atoms with E-state index in [9.17, 15) is 0 Å². The van der Waals surface area contributed by atoms with Gasteiger partial charge in [0.15, 0.2) is 0 Å². The predicted molar refractivity (Wildman–Crippen MR) is 241 cm³/mol. The first-order valence-electron chi connectivity index (χ1n) is 19.0. The first kappa shape index (κ1) is 32.3. The number of rotatable bonds is 7. The highest BCUT2D eigenvalue weighted by molar-refractivity contribution is 7.26. The van der Waals surface area contributed by atoms with Crippen LogP contribution in [-0.2, 0) is 0 Å². The maximum absolute atomic E-state index is 2.46. The van der Waals surface area contributed by atoms with Crippen molar-refractivity contribution in [2.24, 2.45) is 0 Å². The lowest BCUT2D eigenvalue weighted by atomic mass is 10.0. The molecular weight excluding hydrogens is 699 g/mol. The molecule has 2 heterocycles. The van der Waals surface area contributed by atoms with Gasteiger partial charge in [-0.15, -0.1) is 11.3 Å². The summed E-state index contributed by atoms with van der Waals surface area (Å²) in [6, 6.07) is 76.8. The standard InChI is InChI=1S/C52H35N3S/c1-4-18-37(19-5-1)53(42-31-32-45-44-27-12-14-29-48(44)55(49(45)35-42)39-22-8-3-9-23-39)40-24-16-25-41(34-40)54(38-20-6-2-7-21-38)51-43-26-11-10-17-36(43)33-47-46-28-13-15-30-50(46)56-52(47)51/h1-35H. The molecule has 0 aliphatic carbocycles. The minimum absolute atomic E-state index is 1.07. The summed E-state index contributed by atoms with van der Waals surface area (Å²) in [6.07, 6.45) is 0. The zero-order valence-corrected chi connectivity index (χ0v) is 31.3. The van der Waals surface area contributed by atoms with Crippen molar-refractivity contribution in [1.82, 2.24) is 4.57 Å². The fraction of sp³-hybridized carbons (Fsp3) is 0. The number of benzene rings is 9. The Bertz CT molecular complexity index is 3200. The molecule has 2 aromatic heterocycles. The van der Waals surface area contributed by atoms with Crippen LogP contribution in [0.2, 0.25) is 0 Å². The van der Waals surface area contributed by atoms with Gasteiger partial charge in [0.1, 0.15) is 0 Å². The average Bonchev–Trinajstić information content (AvgIpc) is 3.80. The van der Waals surface area contributed by atoms with Crippen LogP contribution in [0.1, 0.15) is 0 Å². The third-order valence-corrected chi connectivity index (χ3v) is 12.1. The Morgan fingerprint density at radius 2 is 0.893 bits per heavy atom. The van der Waals surface area contributed by atoms with Crippen molar-refractivity contribution in [2.75, 3.05) is 9.80 Å². The highest BCUT2D eigenvalue weighted by Gasteiger charge is 2.23. The van der Waals surface area contributed by atoms with Crippen molar-refractivity contribution in [3.05, 3.63) is 212 Å². The SMILES string of the molecule is c1ccc(N(c2cccc(N(c3ccccc3)c3c4ccccc4cc4c3sc3ccccc34)c2)c2ccc3c4ccccc4n(-c4ccccc4)c3c2)cc1. The van der Waals surface area contributed by atoms with E-state index in [1.165, 1.54) is 58.4 Å². The van der Waals surface area contributed by atoms with Gasteiger partial charge in [0, 0.05) is 65.8 Å². The average molecular weight is 734 g/mol. The van der Waals surface area contributed by atoms with E-state index in [4.69, 9.17) is 0 Å². The summed E-state index contributed by atoms with van der Waals surface area (Å²) in [5.74, 6) is 0. The lowest BCUT2D eigenvalue weighted by Crippen LogP contribution is -2.13. The van der Waals surface area contributed by atoms with Crippen LogP contribution in [0, 0.1) is 0 Å². The van der Waals surface area contributed by atoms with Crippen molar-refractivity contribution in [1.29, 1.82) is 0 Å². The number of nitrogens with zero attached hydrogens (tertiary/aromatic N) is 3. The highest BCUT2D eigenvalue weighted by Crippen LogP contribution is 2.49. The topological polar surface area (TPSA) is 11.4 Å². The molecule has 0 spiro atoms. The number of anilines is 6. The van der Waals surface area contributed by atoms with Crippen molar-refractivity contribution in [3.8, 4) is 5.69 Å². The van der Waals surface area contributed by atoms with Gasteiger partial charge in [-0.3, -0.25) is 0 Å². The van der Waals surface area contributed by atoms with Crippen LogP contribution in [0.25, 0.3) is 58.4 Å². The first-order chi connectivity index (χ1) is 27.8. The van der Waals surface area contributed by atoms with Gasteiger partial charge >= 0.3 is 0 Å². The quantitative estimate of drug-likeness (QED) is 0.162. The third-order valence-electron chi connectivity index (χ3n) is 10.9. The fourth-order valence-electron chi connectivity index (χ4n) is 8.46. The molecule has 11 aromatic rings. The maximum Gasteiger partial charge on any atom is 0.0718 e. The van der Waals surface area contributed by atoms with E-state index < -0.39 is 0 Å². The van der Waals surface area contributed by atoms with Crippen LogP contribution in [0.5, 0.6) is 0 Å². The monoisotopic (exact) mass is 733 g/mol. The van der Waals surface area contributed by atoms with E-state index in [2.05, 4.69) is 227 Å². The Morgan fingerprint density at radius 1 is 0.339 bits per heavy atom. The molecule has 0 radical (unpaired) electrons. The van der Waals surface area contributed by atoms with E-state index in [0.29, 0.717) is 0 Å². The summed E-state index contributed by atoms with van der Waals surface area (Å²) in [7, 11) is 0. The number of fused-ring (bicyclic) bond motifs is 7. The zero-order chi connectivity index (χ0) is 37.0. The van der Waals surface area contributed by atoms with E-state index >= 15 is 0 Å². The lowest BCUT2D eigenvalue weighted by molar-refractivity contribution is 1.18. The smallest absolute Gasteiger partial charge is 0.0718 e. The Kier molecular flexibility index (Phi) is 7.68. The molecule has 0 unspecified atom stereocenters. The van der Waals surface area contributed by atoms with Crippen LogP contribution < -0.4 is 9.80 Å². The van der Waals surface area contributed by atoms with E-state index in [1.54, 1.807) is 0 Å². The number of thiophene rings is 1. The third kappa shape index (κ3) is 5.26. The number of aromatic nitrogens is 1. The number of para-hydroxylation sites is 4. The molecule has 11 rings (SSSR count). The number of hydrogen-bond acceptors (Lipinski definition) is 3. The Balaban J connectivity index is 1.16. The summed E-state index contributed by atoms with van der Waals surface area (Å²) >= 11 is 1.87. The molecule has 0 saturated carbocycles. The number of hydrogen-bond donors (Lipinski definition) is 0. The molecule has 3 nitrogen and oxygen atoms in total. The molecule has 0 aliphatic rings. The van der Waals surface area contributed by atoms with Crippen molar-refractivity contribution in [2.45, 2.75) is 0 Å². The van der Waals surface area contributed by atoms with Crippen LogP contribution in [0.4, 0.5) is 34.1 Å².